The maximum absolute atomic E-state index is 13.2. The molecule has 11 heteroatoms. The molecule has 156 valence electrons. The van der Waals surface area contributed by atoms with Crippen LogP contribution in [0.4, 0.5) is 24.5 Å². The van der Waals surface area contributed by atoms with Gasteiger partial charge < -0.3 is 10.2 Å². The number of amides is 1. The lowest BCUT2D eigenvalue weighted by atomic mass is 10.1. The molecule has 1 amide bonds. The van der Waals surface area contributed by atoms with Crippen LogP contribution in [0.15, 0.2) is 45.8 Å². The van der Waals surface area contributed by atoms with Crippen LogP contribution in [0.3, 0.4) is 0 Å². The molecule has 2 aromatic rings. The van der Waals surface area contributed by atoms with Crippen molar-refractivity contribution in [3.05, 3.63) is 52.0 Å². The minimum Gasteiger partial charge on any atom is -0.370 e. The van der Waals surface area contributed by atoms with Crippen LogP contribution >= 0.6 is 15.9 Å². The molecule has 0 saturated carbocycles. The van der Waals surface area contributed by atoms with Gasteiger partial charge in [0, 0.05) is 17.6 Å². The van der Waals surface area contributed by atoms with Gasteiger partial charge in [-0.05, 0) is 65.2 Å². The van der Waals surface area contributed by atoms with Gasteiger partial charge in [0.05, 0.1) is 27.4 Å². The molecule has 3 rings (SSSR count). The Bertz CT molecular complexity index is 1050. The molecule has 1 aliphatic heterocycles. The molecule has 0 atom stereocenters. The summed E-state index contributed by atoms with van der Waals surface area (Å²) in [5, 5.41) is 7.59. The lowest BCUT2D eigenvalue weighted by Gasteiger charge is -2.23. The molecule has 0 bridgehead atoms. The summed E-state index contributed by atoms with van der Waals surface area (Å²) in [6.07, 6.45) is -2.77. The Kier molecular flexibility index (Phi) is 5.93. The Morgan fingerprint density at radius 3 is 2.34 bits per heavy atom. The Morgan fingerprint density at radius 2 is 1.76 bits per heavy atom. The van der Waals surface area contributed by atoms with Gasteiger partial charge >= 0.3 is 6.18 Å². The number of nitrogens with two attached hydrogens (primary N) is 1. The minimum absolute atomic E-state index is 0.000339. The minimum atomic E-state index is -4.57. The van der Waals surface area contributed by atoms with Gasteiger partial charge in [0.1, 0.15) is 0 Å². The zero-order valence-corrected chi connectivity index (χ0v) is 17.4. The molecular formula is C18H17BrF3N3O3S. The van der Waals surface area contributed by atoms with Crippen molar-refractivity contribution in [1.82, 2.24) is 0 Å². The van der Waals surface area contributed by atoms with Crippen LogP contribution in [0, 0.1) is 0 Å². The second-order valence-electron chi connectivity index (χ2n) is 6.56. The van der Waals surface area contributed by atoms with Crippen LogP contribution in [0.2, 0.25) is 0 Å². The summed E-state index contributed by atoms with van der Waals surface area (Å²) in [6, 6.07) is 6.81. The molecular weight excluding hydrogens is 475 g/mol. The lowest BCUT2D eigenvalue weighted by molar-refractivity contribution is -0.137. The number of benzene rings is 2. The second kappa shape index (κ2) is 7.96. The summed E-state index contributed by atoms with van der Waals surface area (Å²) >= 11 is 3.16. The van der Waals surface area contributed by atoms with Crippen molar-refractivity contribution < 1.29 is 26.4 Å². The first-order chi connectivity index (χ1) is 13.5. The molecule has 1 aliphatic rings. The molecule has 29 heavy (non-hydrogen) atoms. The third-order valence-electron chi connectivity index (χ3n) is 4.53. The number of hydrogen-bond donors (Lipinski definition) is 2. The quantitative estimate of drug-likeness (QED) is 0.676. The molecule has 1 saturated heterocycles. The van der Waals surface area contributed by atoms with Gasteiger partial charge in [-0.25, -0.2) is 13.6 Å². The summed E-state index contributed by atoms with van der Waals surface area (Å²) in [7, 11) is -4.05. The fraction of sp³-hybridized carbons (Fsp3) is 0.278. The second-order valence-corrected chi connectivity index (χ2v) is 8.98. The third-order valence-corrected chi connectivity index (χ3v) is 6.13. The first kappa shape index (κ1) is 21.6. The Balaban J connectivity index is 2.01. The van der Waals surface area contributed by atoms with E-state index >= 15 is 0 Å². The maximum atomic E-state index is 13.2. The zero-order chi connectivity index (χ0) is 21.4. The highest BCUT2D eigenvalue weighted by Gasteiger charge is 2.32. The average Bonchev–Trinajstić information content (AvgIpc) is 3.14. The van der Waals surface area contributed by atoms with Crippen LogP contribution in [0.5, 0.6) is 0 Å². The largest absolute Gasteiger partial charge is 0.416 e. The van der Waals surface area contributed by atoms with Crippen molar-refractivity contribution in [2.75, 3.05) is 23.3 Å². The number of sulfonamides is 1. The predicted octanol–water partition coefficient (Wildman–Crippen LogP) is 3.97. The van der Waals surface area contributed by atoms with E-state index in [1.54, 1.807) is 0 Å². The fourth-order valence-corrected chi connectivity index (χ4v) is 4.06. The highest BCUT2D eigenvalue weighted by Crippen LogP contribution is 2.37. The Morgan fingerprint density at radius 1 is 1.10 bits per heavy atom. The number of nitrogens with one attached hydrogen (secondary N) is 1. The van der Waals surface area contributed by atoms with E-state index in [4.69, 9.17) is 5.14 Å². The molecule has 0 aliphatic carbocycles. The number of halogens is 4. The molecule has 0 spiro atoms. The Labute approximate surface area is 174 Å². The molecule has 3 N–H and O–H groups in total. The van der Waals surface area contributed by atoms with Gasteiger partial charge in [0.15, 0.2) is 0 Å². The van der Waals surface area contributed by atoms with Crippen molar-refractivity contribution in [2.24, 2.45) is 5.14 Å². The van der Waals surface area contributed by atoms with E-state index < -0.39 is 27.7 Å². The average molecular weight is 492 g/mol. The van der Waals surface area contributed by atoms with Crippen molar-refractivity contribution >= 4 is 43.2 Å². The number of anilines is 2. The summed E-state index contributed by atoms with van der Waals surface area (Å²) in [6.45, 7) is 1.33. The monoisotopic (exact) mass is 491 g/mol. The van der Waals surface area contributed by atoms with Crippen LogP contribution in [-0.2, 0) is 16.2 Å². The van der Waals surface area contributed by atoms with E-state index in [0.29, 0.717) is 18.8 Å². The highest BCUT2D eigenvalue weighted by molar-refractivity contribution is 9.10. The third kappa shape index (κ3) is 4.90. The number of hydrogen-bond acceptors (Lipinski definition) is 4. The topological polar surface area (TPSA) is 92.5 Å². The van der Waals surface area contributed by atoms with Gasteiger partial charge in [-0.1, -0.05) is 0 Å². The lowest BCUT2D eigenvalue weighted by Crippen LogP contribution is -2.22. The van der Waals surface area contributed by atoms with Gasteiger partial charge in [-0.15, -0.1) is 0 Å². The van der Waals surface area contributed by atoms with Gasteiger partial charge in [-0.2, -0.15) is 13.2 Å². The first-order valence-corrected chi connectivity index (χ1v) is 10.9. The van der Waals surface area contributed by atoms with E-state index in [2.05, 4.69) is 21.2 Å². The van der Waals surface area contributed by atoms with Gasteiger partial charge in [-0.3, -0.25) is 4.79 Å². The standard InChI is InChI=1S/C18H17BrF3N3O3S/c19-14-5-4-12(29(23,27)28)10-13(14)17(26)24-15-9-11(18(20,21)22)3-6-16(15)25-7-1-2-8-25/h3-6,9-10H,1-2,7-8H2,(H,24,26)(H2,23,27,28). The van der Waals surface area contributed by atoms with Crippen molar-refractivity contribution in [3.63, 3.8) is 0 Å². The number of nitrogens with zero attached hydrogens (tertiary/aromatic N) is 1. The van der Waals surface area contributed by atoms with E-state index in [1.807, 2.05) is 4.90 Å². The number of primary sulfonamides is 1. The summed E-state index contributed by atoms with van der Waals surface area (Å²) < 4.78 is 62.9. The van der Waals surface area contributed by atoms with Crippen molar-refractivity contribution in [2.45, 2.75) is 23.9 Å². The molecule has 0 radical (unpaired) electrons. The van der Waals surface area contributed by atoms with Gasteiger partial charge in [0.25, 0.3) is 5.91 Å². The highest BCUT2D eigenvalue weighted by atomic mass is 79.9. The molecule has 2 aromatic carbocycles. The van der Waals surface area contributed by atoms with Gasteiger partial charge in [0.2, 0.25) is 10.0 Å². The first-order valence-electron chi connectivity index (χ1n) is 8.57. The number of carbonyl (C=O) groups excluding carboxylic acids is 1. The molecule has 6 nitrogen and oxygen atoms in total. The molecule has 1 fully saturated rings. The predicted molar refractivity (Wildman–Crippen MR) is 106 cm³/mol. The van der Waals surface area contributed by atoms with Crippen LogP contribution in [-0.4, -0.2) is 27.4 Å². The number of rotatable bonds is 4. The van der Waals surface area contributed by atoms with E-state index in [0.717, 1.165) is 31.0 Å². The van der Waals surface area contributed by atoms with Crippen molar-refractivity contribution in [1.29, 1.82) is 0 Å². The van der Waals surface area contributed by atoms with Crippen molar-refractivity contribution in [3.8, 4) is 0 Å². The van der Waals surface area contributed by atoms with Crippen LogP contribution in [0.1, 0.15) is 28.8 Å². The fourth-order valence-electron chi connectivity index (χ4n) is 3.09. The number of carbonyl (C=O) groups is 1. The molecule has 0 aromatic heterocycles. The van der Waals surface area contributed by atoms with Crippen LogP contribution in [0.25, 0.3) is 0 Å². The Hall–Kier alpha value is -2.11. The zero-order valence-electron chi connectivity index (χ0n) is 15.0. The van der Waals surface area contributed by atoms with E-state index in [9.17, 15) is 26.4 Å². The maximum Gasteiger partial charge on any atom is 0.416 e. The molecule has 1 heterocycles. The van der Waals surface area contributed by atoms with E-state index in [-0.39, 0.29) is 20.6 Å². The summed E-state index contributed by atoms with van der Waals surface area (Å²) in [4.78, 5) is 14.4. The molecule has 0 unspecified atom stereocenters. The van der Waals surface area contributed by atoms with E-state index in [1.165, 1.54) is 18.2 Å². The summed E-state index contributed by atoms with van der Waals surface area (Å²) in [5.41, 5.74) is -0.489. The number of alkyl halides is 3. The smallest absolute Gasteiger partial charge is 0.370 e. The van der Waals surface area contributed by atoms with Crippen LogP contribution < -0.4 is 15.4 Å². The summed E-state index contributed by atoms with van der Waals surface area (Å²) in [5.74, 6) is -0.762. The SMILES string of the molecule is NS(=O)(=O)c1ccc(Br)c(C(=O)Nc2cc(C(F)(F)F)ccc2N2CCCC2)c1. The normalized spacial score (nSPS) is 14.9.